The number of benzene rings is 1. The molecule has 0 unspecified atom stereocenters. The molecule has 0 saturated heterocycles. The van der Waals surface area contributed by atoms with Gasteiger partial charge in [-0.15, -0.1) is 23.1 Å². The third-order valence-corrected chi connectivity index (χ3v) is 4.86. The van der Waals surface area contributed by atoms with E-state index in [0.717, 1.165) is 15.7 Å². The number of rotatable bonds is 6. The highest BCUT2D eigenvalue weighted by Gasteiger charge is 2.04. The Labute approximate surface area is 126 Å². The molecule has 0 saturated carbocycles. The number of hydrogen-bond donors (Lipinski definition) is 1. The van der Waals surface area contributed by atoms with Gasteiger partial charge < -0.3 is 5.32 Å². The van der Waals surface area contributed by atoms with E-state index in [2.05, 4.69) is 5.32 Å². The van der Waals surface area contributed by atoms with Gasteiger partial charge in [-0.1, -0.05) is 29.8 Å². The molecule has 5 heteroatoms. The molecule has 2 aromatic rings. The Bertz CT molecular complexity index is 528. The summed E-state index contributed by atoms with van der Waals surface area (Å²) in [7, 11) is 0. The average Bonchev–Trinajstić information content (AvgIpc) is 2.92. The predicted octanol–water partition coefficient (Wildman–Crippen LogP) is 4.20. The van der Waals surface area contributed by atoms with Gasteiger partial charge in [-0.05, 0) is 23.6 Å². The van der Waals surface area contributed by atoms with E-state index < -0.39 is 0 Å². The fraction of sp³-hybridized carbons (Fsp3) is 0.214. The van der Waals surface area contributed by atoms with Crippen molar-refractivity contribution in [3.05, 3.63) is 51.7 Å². The molecule has 0 aliphatic rings. The molecular formula is C14H14ClNOS2. The van der Waals surface area contributed by atoms with E-state index in [1.807, 2.05) is 41.8 Å². The SMILES string of the molecule is O=C(CCSc1ccccc1Cl)NCc1cccs1. The highest BCUT2D eigenvalue weighted by molar-refractivity contribution is 7.99. The van der Waals surface area contributed by atoms with E-state index in [1.54, 1.807) is 23.1 Å². The number of thiophene rings is 1. The molecule has 0 radical (unpaired) electrons. The third-order valence-electron chi connectivity index (χ3n) is 2.46. The summed E-state index contributed by atoms with van der Waals surface area (Å²) in [4.78, 5) is 13.9. The van der Waals surface area contributed by atoms with Crippen molar-refractivity contribution in [2.75, 3.05) is 5.75 Å². The molecule has 0 aliphatic carbocycles. The normalized spacial score (nSPS) is 10.4. The van der Waals surface area contributed by atoms with Crippen LogP contribution in [0.2, 0.25) is 5.02 Å². The van der Waals surface area contributed by atoms with Gasteiger partial charge in [0.2, 0.25) is 5.91 Å². The largest absolute Gasteiger partial charge is 0.351 e. The van der Waals surface area contributed by atoms with E-state index in [0.29, 0.717) is 13.0 Å². The molecule has 1 amide bonds. The van der Waals surface area contributed by atoms with Crippen LogP contribution < -0.4 is 5.32 Å². The molecule has 0 aliphatic heterocycles. The fourth-order valence-electron chi connectivity index (χ4n) is 1.50. The first-order chi connectivity index (χ1) is 9.25. The molecule has 0 atom stereocenters. The van der Waals surface area contributed by atoms with Crippen molar-refractivity contribution in [1.82, 2.24) is 5.32 Å². The molecule has 2 nitrogen and oxygen atoms in total. The monoisotopic (exact) mass is 311 g/mol. The maximum Gasteiger partial charge on any atom is 0.221 e. The Morgan fingerprint density at radius 1 is 1.26 bits per heavy atom. The minimum Gasteiger partial charge on any atom is -0.351 e. The molecule has 19 heavy (non-hydrogen) atoms. The lowest BCUT2D eigenvalue weighted by Crippen LogP contribution is -2.22. The van der Waals surface area contributed by atoms with Crippen molar-refractivity contribution >= 4 is 40.6 Å². The quantitative estimate of drug-likeness (QED) is 0.810. The zero-order valence-corrected chi connectivity index (χ0v) is 12.7. The van der Waals surface area contributed by atoms with Gasteiger partial charge in [0.1, 0.15) is 0 Å². The summed E-state index contributed by atoms with van der Waals surface area (Å²) in [6.45, 7) is 0.618. The van der Waals surface area contributed by atoms with E-state index in [4.69, 9.17) is 11.6 Å². The standard InChI is InChI=1S/C14H14ClNOS2/c15-12-5-1-2-6-13(12)19-9-7-14(17)16-10-11-4-3-8-18-11/h1-6,8H,7,9-10H2,(H,16,17). The highest BCUT2D eigenvalue weighted by atomic mass is 35.5. The van der Waals surface area contributed by atoms with Crippen LogP contribution in [0, 0.1) is 0 Å². The van der Waals surface area contributed by atoms with Crippen LogP contribution in [0.4, 0.5) is 0 Å². The van der Waals surface area contributed by atoms with Gasteiger partial charge in [0.25, 0.3) is 0 Å². The smallest absolute Gasteiger partial charge is 0.221 e. The van der Waals surface area contributed by atoms with Crippen molar-refractivity contribution in [2.45, 2.75) is 17.9 Å². The van der Waals surface area contributed by atoms with Crippen molar-refractivity contribution in [3.8, 4) is 0 Å². The zero-order valence-electron chi connectivity index (χ0n) is 10.3. The number of thioether (sulfide) groups is 1. The topological polar surface area (TPSA) is 29.1 Å². The number of carbonyl (C=O) groups is 1. The summed E-state index contributed by atoms with van der Waals surface area (Å²) in [5.74, 6) is 0.813. The third kappa shape index (κ3) is 4.90. The first kappa shape index (κ1) is 14.4. The molecule has 1 N–H and O–H groups in total. The number of nitrogens with one attached hydrogen (secondary N) is 1. The van der Waals surface area contributed by atoms with Gasteiger partial charge in [-0.3, -0.25) is 4.79 Å². The molecule has 100 valence electrons. The minimum absolute atomic E-state index is 0.0768. The predicted molar refractivity (Wildman–Crippen MR) is 83.0 cm³/mol. The summed E-state index contributed by atoms with van der Waals surface area (Å²) >= 11 is 9.31. The van der Waals surface area contributed by atoms with Gasteiger partial charge in [0.05, 0.1) is 11.6 Å². The summed E-state index contributed by atoms with van der Waals surface area (Å²) in [6.07, 6.45) is 0.501. The van der Waals surface area contributed by atoms with Crippen LogP contribution in [0.1, 0.15) is 11.3 Å². The molecule has 1 aromatic heterocycles. The van der Waals surface area contributed by atoms with Gasteiger partial charge in [-0.2, -0.15) is 0 Å². The second-order valence-corrected chi connectivity index (χ2v) is 6.46. The highest BCUT2D eigenvalue weighted by Crippen LogP contribution is 2.26. The van der Waals surface area contributed by atoms with E-state index in [1.165, 1.54) is 4.88 Å². The maximum absolute atomic E-state index is 11.7. The second kappa shape index (κ2) is 7.58. The lowest BCUT2D eigenvalue weighted by Gasteiger charge is -2.05. The van der Waals surface area contributed by atoms with Crippen LogP contribution in [-0.2, 0) is 11.3 Å². The minimum atomic E-state index is 0.0768. The summed E-state index contributed by atoms with van der Waals surface area (Å²) in [5.41, 5.74) is 0. The Morgan fingerprint density at radius 3 is 2.84 bits per heavy atom. The molecule has 1 aromatic carbocycles. The number of amides is 1. The molecular weight excluding hydrogens is 298 g/mol. The van der Waals surface area contributed by atoms with Crippen LogP contribution in [0.5, 0.6) is 0 Å². The van der Waals surface area contributed by atoms with Crippen LogP contribution >= 0.6 is 34.7 Å². The second-order valence-electron chi connectivity index (χ2n) is 3.88. The van der Waals surface area contributed by atoms with Gasteiger partial charge in [-0.25, -0.2) is 0 Å². The number of hydrogen-bond acceptors (Lipinski definition) is 3. The Hall–Kier alpha value is -0.970. The number of halogens is 1. The number of carbonyl (C=O) groups excluding carboxylic acids is 1. The molecule has 0 fully saturated rings. The average molecular weight is 312 g/mol. The summed E-state index contributed by atoms with van der Waals surface area (Å²) in [6, 6.07) is 11.7. The van der Waals surface area contributed by atoms with Gasteiger partial charge in [0, 0.05) is 21.9 Å². The lowest BCUT2D eigenvalue weighted by molar-refractivity contribution is -0.120. The van der Waals surface area contributed by atoms with Gasteiger partial charge >= 0.3 is 0 Å². The van der Waals surface area contributed by atoms with Gasteiger partial charge in [0.15, 0.2) is 0 Å². The van der Waals surface area contributed by atoms with Crippen molar-refractivity contribution < 1.29 is 4.79 Å². The van der Waals surface area contributed by atoms with Crippen molar-refractivity contribution in [1.29, 1.82) is 0 Å². The van der Waals surface area contributed by atoms with Crippen LogP contribution in [0.15, 0.2) is 46.7 Å². The van der Waals surface area contributed by atoms with E-state index in [9.17, 15) is 4.79 Å². The first-order valence-corrected chi connectivity index (χ1v) is 8.16. The molecule has 2 rings (SSSR count). The van der Waals surface area contributed by atoms with Crippen molar-refractivity contribution in [2.24, 2.45) is 0 Å². The molecule has 1 heterocycles. The maximum atomic E-state index is 11.7. The Kier molecular flexibility index (Phi) is 5.76. The van der Waals surface area contributed by atoms with Crippen LogP contribution in [0.25, 0.3) is 0 Å². The fourth-order valence-corrected chi connectivity index (χ4v) is 3.33. The van der Waals surface area contributed by atoms with Crippen LogP contribution in [-0.4, -0.2) is 11.7 Å². The Morgan fingerprint density at radius 2 is 2.11 bits per heavy atom. The van der Waals surface area contributed by atoms with E-state index >= 15 is 0 Å². The first-order valence-electron chi connectivity index (χ1n) is 5.92. The van der Waals surface area contributed by atoms with E-state index in [-0.39, 0.29) is 5.91 Å². The summed E-state index contributed by atoms with van der Waals surface area (Å²) < 4.78 is 0. The lowest BCUT2D eigenvalue weighted by atomic mass is 10.4. The Balaban J connectivity index is 1.68. The summed E-state index contributed by atoms with van der Waals surface area (Å²) in [5, 5.41) is 5.66. The zero-order chi connectivity index (χ0) is 13.5. The van der Waals surface area contributed by atoms with Crippen LogP contribution in [0.3, 0.4) is 0 Å². The van der Waals surface area contributed by atoms with Crippen molar-refractivity contribution in [3.63, 3.8) is 0 Å². The molecule has 0 spiro atoms. The molecule has 0 bridgehead atoms.